The molecular weight excluding hydrogens is 310 g/mol. The van der Waals surface area contributed by atoms with Crippen molar-refractivity contribution in [2.75, 3.05) is 18.5 Å². The van der Waals surface area contributed by atoms with Crippen molar-refractivity contribution in [1.82, 2.24) is 9.78 Å². The van der Waals surface area contributed by atoms with E-state index in [0.717, 1.165) is 12.8 Å². The van der Waals surface area contributed by atoms with Crippen LogP contribution < -0.4 is 10.9 Å². The van der Waals surface area contributed by atoms with Gasteiger partial charge in [-0.25, -0.2) is 4.68 Å². The van der Waals surface area contributed by atoms with Gasteiger partial charge in [0.05, 0.1) is 18.5 Å². The topological polar surface area (TPSA) is 67.2 Å². The summed E-state index contributed by atoms with van der Waals surface area (Å²) in [5, 5.41) is 16.8. The molecule has 6 heteroatoms. The van der Waals surface area contributed by atoms with Crippen LogP contribution in [0, 0.1) is 5.41 Å². The Morgan fingerprint density at radius 1 is 1.42 bits per heavy atom. The molecule has 1 aromatic heterocycles. The lowest BCUT2D eigenvalue weighted by Crippen LogP contribution is -2.33. The molecule has 0 fully saturated rings. The molecule has 19 heavy (non-hydrogen) atoms. The highest BCUT2D eigenvalue weighted by Crippen LogP contribution is 2.27. The van der Waals surface area contributed by atoms with Gasteiger partial charge in [0.1, 0.15) is 4.47 Å². The minimum absolute atomic E-state index is 0.129. The Hall–Kier alpha value is -0.880. The molecule has 2 N–H and O–H groups in total. The van der Waals surface area contributed by atoms with Crippen LogP contribution in [0.1, 0.15) is 33.6 Å². The van der Waals surface area contributed by atoms with Gasteiger partial charge in [0.15, 0.2) is 0 Å². The number of halogens is 1. The van der Waals surface area contributed by atoms with Gasteiger partial charge in [-0.3, -0.25) is 4.79 Å². The molecule has 0 bridgehead atoms. The quantitative estimate of drug-likeness (QED) is 0.804. The van der Waals surface area contributed by atoms with Crippen LogP contribution in [0.4, 0.5) is 5.69 Å². The highest BCUT2D eigenvalue weighted by Gasteiger charge is 2.25. The molecule has 1 heterocycles. The summed E-state index contributed by atoms with van der Waals surface area (Å²) in [6.07, 6.45) is 3.40. The second-order valence-electron chi connectivity index (χ2n) is 4.71. The lowest BCUT2D eigenvalue weighted by molar-refractivity contribution is 0.127. The van der Waals surface area contributed by atoms with E-state index in [1.807, 2.05) is 6.92 Å². The fourth-order valence-electron chi connectivity index (χ4n) is 1.88. The number of rotatable bonds is 7. The van der Waals surface area contributed by atoms with Crippen molar-refractivity contribution in [2.45, 2.75) is 40.2 Å². The summed E-state index contributed by atoms with van der Waals surface area (Å²) in [6.45, 7) is 7.28. The number of aromatic nitrogens is 2. The summed E-state index contributed by atoms with van der Waals surface area (Å²) in [5.74, 6) is 0. The van der Waals surface area contributed by atoms with Crippen LogP contribution >= 0.6 is 15.9 Å². The van der Waals surface area contributed by atoms with Crippen LogP contribution in [-0.4, -0.2) is 28.0 Å². The van der Waals surface area contributed by atoms with Crippen molar-refractivity contribution < 1.29 is 5.11 Å². The van der Waals surface area contributed by atoms with E-state index in [1.54, 1.807) is 6.20 Å². The summed E-state index contributed by atoms with van der Waals surface area (Å²) in [4.78, 5) is 11.9. The fraction of sp³-hybridized carbons (Fsp3) is 0.692. The number of aryl methyl sites for hydroxylation is 1. The Bertz CT molecular complexity index is 461. The van der Waals surface area contributed by atoms with Gasteiger partial charge < -0.3 is 10.4 Å². The van der Waals surface area contributed by atoms with E-state index in [0.29, 0.717) is 23.2 Å². The molecule has 0 aromatic carbocycles. The van der Waals surface area contributed by atoms with Crippen LogP contribution in [-0.2, 0) is 6.54 Å². The largest absolute Gasteiger partial charge is 0.396 e. The Morgan fingerprint density at radius 2 is 2.05 bits per heavy atom. The van der Waals surface area contributed by atoms with Gasteiger partial charge in [-0.2, -0.15) is 5.10 Å². The van der Waals surface area contributed by atoms with Gasteiger partial charge in [-0.1, -0.05) is 13.8 Å². The number of nitrogens with zero attached hydrogens (tertiary/aromatic N) is 2. The Morgan fingerprint density at radius 3 is 2.53 bits per heavy atom. The summed E-state index contributed by atoms with van der Waals surface area (Å²) in [5.41, 5.74) is 0.378. The van der Waals surface area contributed by atoms with Crippen molar-refractivity contribution in [3.8, 4) is 0 Å². The third-order valence-corrected chi connectivity index (χ3v) is 4.54. The third kappa shape index (κ3) is 3.57. The maximum absolute atomic E-state index is 11.9. The summed E-state index contributed by atoms with van der Waals surface area (Å²) >= 11 is 3.31. The lowest BCUT2D eigenvalue weighted by atomic mass is 9.83. The van der Waals surface area contributed by atoms with Crippen molar-refractivity contribution in [3.63, 3.8) is 0 Å². The number of hydrogen-bond donors (Lipinski definition) is 2. The molecule has 1 rings (SSSR count). The standard InChI is InChI=1S/C13H22BrN3O2/c1-4-13(5-2,9-18)8-15-10-7-16-17(6-3)12(19)11(10)14/h7,15,18H,4-6,8-9H2,1-3H3. The highest BCUT2D eigenvalue weighted by molar-refractivity contribution is 9.10. The minimum atomic E-state index is -0.154. The predicted molar refractivity (Wildman–Crippen MR) is 80.5 cm³/mol. The van der Waals surface area contributed by atoms with Crippen molar-refractivity contribution in [1.29, 1.82) is 0 Å². The third-order valence-electron chi connectivity index (χ3n) is 3.77. The SMILES string of the molecule is CCn1ncc(NCC(CC)(CC)CO)c(Br)c1=O. The molecule has 5 nitrogen and oxygen atoms in total. The van der Waals surface area contributed by atoms with Gasteiger partial charge >= 0.3 is 0 Å². The molecule has 0 amide bonds. The highest BCUT2D eigenvalue weighted by atomic mass is 79.9. The Labute approximate surface area is 122 Å². The van der Waals surface area contributed by atoms with E-state index >= 15 is 0 Å². The number of nitrogens with one attached hydrogen (secondary N) is 1. The smallest absolute Gasteiger partial charge is 0.283 e. The molecule has 0 atom stereocenters. The predicted octanol–water partition coefficient (Wildman–Crippen LogP) is 2.24. The first-order valence-corrected chi connectivity index (χ1v) is 7.43. The van der Waals surface area contributed by atoms with E-state index in [2.05, 4.69) is 40.2 Å². The maximum atomic E-state index is 11.9. The van der Waals surface area contributed by atoms with E-state index in [-0.39, 0.29) is 17.6 Å². The molecule has 1 aromatic rings. The zero-order valence-electron chi connectivity index (χ0n) is 11.7. The van der Waals surface area contributed by atoms with Crippen LogP contribution in [0.3, 0.4) is 0 Å². The van der Waals surface area contributed by atoms with Gasteiger partial charge in [0, 0.05) is 18.5 Å². The first-order chi connectivity index (χ1) is 9.03. The monoisotopic (exact) mass is 331 g/mol. The van der Waals surface area contributed by atoms with E-state index in [9.17, 15) is 9.90 Å². The summed E-state index contributed by atoms with van der Waals surface area (Å²) in [7, 11) is 0. The minimum Gasteiger partial charge on any atom is -0.396 e. The lowest BCUT2D eigenvalue weighted by Gasteiger charge is -2.30. The van der Waals surface area contributed by atoms with Gasteiger partial charge in [-0.15, -0.1) is 0 Å². The molecule has 0 aliphatic heterocycles. The summed E-state index contributed by atoms with van der Waals surface area (Å²) in [6, 6.07) is 0. The zero-order chi connectivity index (χ0) is 14.5. The average molecular weight is 332 g/mol. The molecule has 0 aliphatic rings. The van der Waals surface area contributed by atoms with Crippen molar-refractivity contribution in [3.05, 3.63) is 21.0 Å². The number of aliphatic hydroxyl groups is 1. The number of hydrogen-bond acceptors (Lipinski definition) is 4. The van der Waals surface area contributed by atoms with Crippen LogP contribution in [0.2, 0.25) is 0 Å². The second kappa shape index (κ2) is 7.05. The molecule has 0 aliphatic carbocycles. The zero-order valence-corrected chi connectivity index (χ0v) is 13.3. The maximum Gasteiger partial charge on any atom is 0.283 e. The molecule has 0 radical (unpaired) electrons. The van der Waals surface area contributed by atoms with Gasteiger partial charge in [0.2, 0.25) is 0 Å². The normalized spacial score (nSPS) is 11.6. The van der Waals surface area contributed by atoms with Crippen LogP contribution in [0.15, 0.2) is 15.5 Å². The van der Waals surface area contributed by atoms with Crippen molar-refractivity contribution in [2.24, 2.45) is 5.41 Å². The van der Waals surface area contributed by atoms with Crippen molar-refractivity contribution >= 4 is 21.6 Å². The number of aliphatic hydroxyl groups excluding tert-OH is 1. The molecule has 0 spiro atoms. The Balaban J connectivity index is 2.90. The average Bonchev–Trinajstić information content (AvgIpc) is 2.45. The molecular formula is C13H22BrN3O2. The first-order valence-electron chi connectivity index (χ1n) is 6.64. The van der Waals surface area contributed by atoms with Gasteiger partial charge in [0.25, 0.3) is 5.56 Å². The molecule has 0 saturated heterocycles. The van der Waals surface area contributed by atoms with Gasteiger partial charge in [-0.05, 0) is 35.7 Å². The molecule has 108 valence electrons. The fourth-order valence-corrected chi connectivity index (χ4v) is 2.32. The van der Waals surface area contributed by atoms with E-state index in [4.69, 9.17) is 0 Å². The number of anilines is 1. The van der Waals surface area contributed by atoms with E-state index in [1.165, 1.54) is 4.68 Å². The molecule has 0 unspecified atom stereocenters. The van der Waals surface area contributed by atoms with Crippen LogP contribution in [0.5, 0.6) is 0 Å². The van der Waals surface area contributed by atoms with E-state index < -0.39 is 0 Å². The second-order valence-corrected chi connectivity index (χ2v) is 5.50. The summed E-state index contributed by atoms with van der Waals surface area (Å²) < 4.78 is 1.89. The molecule has 0 saturated carbocycles. The van der Waals surface area contributed by atoms with Crippen LogP contribution in [0.25, 0.3) is 0 Å². The Kier molecular flexibility index (Phi) is 6.00. The first kappa shape index (κ1) is 16.2.